The van der Waals surface area contributed by atoms with Crippen LogP contribution < -0.4 is 15.5 Å². The van der Waals surface area contributed by atoms with Crippen molar-refractivity contribution in [3.63, 3.8) is 0 Å². The zero-order valence-electron chi connectivity index (χ0n) is 16.9. The number of fused-ring (bicyclic) bond motifs is 1. The fourth-order valence-electron chi connectivity index (χ4n) is 2.94. The van der Waals surface area contributed by atoms with E-state index in [1.165, 1.54) is 0 Å². The molecular formula is C24H25N3O3. The van der Waals surface area contributed by atoms with E-state index in [1.807, 2.05) is 54.6 Å². The predicted octanol–water partition coefficient (Wildman–Crippen LogP) is 4.50. The Kier molecular flexibility index (Phi) is 7.55. The minimum atomic E-state index is -0.492. The summed E-state index contributed by atoms with van der Waals surface area (Å²) in [5.41, 5.74) is 3.85. The van der Waals surface area contributed by atoms with Crippen molar-refractivity contribution in [1.82, 2.24) is 5.43 Å². The van der Waals surface area contributed by atoms with Crippen LogP contribution in [0.5, 0.6) is 5.75 Å². The molecule has 0 radical (unpaired) electrons. The second-order valence-electron chi connectivity index (χ2n) is 6.78. The van der Waals surface area contributed by atoms with E-state index in [-0.39, 0.29) is 6.42 Å². The minimum absolute atomic E-state index is 0.318. The molecule has 0 saturated heterocycles. The van der Waals surface area contributed by atoms with Crippen molar-refractivity contribution in [1.29, 1.82) is 0 Å². The van der Waals surface area contributed by atoms with E-state index in [0.717, 1.165) is 29.2 Å². The molecule has 0 spiro atoms. The van der Waals surface area contributed by atoms with E-state index in [2.05, 4.69) is 22.8 Å². The van der Waals surface area contributed by atoms with E-state index in [0.29, 0.717) is 18.0 Å². The average molecular weight is 403 g/mol. The smallest absolute Gasteiger partial charge is 0.249 e. The van der Waals surface area contributed by atoms with Crippen LogP contribution in [0.25, 0.3) is 10.8 Å². The van der Waals surface area contributed by atoms with Gasteiger partial charge in [0.15, 0.2) is 0 Å². The highest BCUT2D eigenvalue weighted by atomic mass is 16.5. The van der Waals surface area contributed by atoms with Gasteiger partial charge in [-0.3, -0.25) is 9.59 Å². The summed E-state index contributed by atoms with van der Waals surface area (Å²) >= 11 is 0. The van der Waals surface area contributed by atoms with Gasteiger partial charge in [0.05, 0.1) is 12.8 Å². The fraction of sp³-hybridized carbons (Fsp3) is 0.208. The SMILES string of the molecule is CCCCOc1ccc2ccccc2c1C=NNC(=O)CC(=O)Nc1ccccc1. The van der Waals surface area contributed by atoms with Gasteiger partial charge in [-0.15, -0.1) is 0 Å². The summed E-state index contributed by atoms with van der Waals surface area (Å²) in [6, 6.07) is 20.8. The third-order valence-electron chi connectivity index (χ3n) is 4.45. The first-order valence-corrected chi connectivity index (χ1v) is 9.98. The highest BCUT2D eigenvalue weighted by Crippen LogP contribution is 2.27. The van der Waals surface area contributed by atoms with Crippen molar-refractivity contribution in [2.45, 2.75) is 26.2 Å². The molecule has 0 heterocycles. The summed E-state index contributed by atoms with van der Waals surface area (Å²) in [5, 5.41) is 8.76. The molecule has 154 valence electrons. The van der Waals surface area contributed by atoms with Gasteiger partial charge in [0.2, 0.25) is 11.8 Å². The van der Waals surface area contributed by atoms with Crippen LogP contribution in [-0.2, 0) is 9.59 Å². The number of unbranched alkanes of at least 4 members (excludes halogenated alkanes) is 1. The second-order valence-corrected chi connectivity index (χ2v) is 6.78. The molecule has 2 amide bonds. The quantitative estimate of drug-likeness (QED) is 0.239. The normalized spacial score (nSPS) is 10.8. The maximum atomic E-state index is 12.1. The molecule has 0 bridgehead atoms. The van der Waals surface area contributed by atoms with Crippen molar-refractivity contribution in [3.05, 3.63) is 72.3 Å². The van der Waals surface area contributed by atoms with E-state index < -0.39 is 11.8 Å². The van der Waals surface area contributed by atoms with Crippen molar-refractivity contribution in [2.75, 3.05) is 11.9 Å². The lowest BCUT2D eigenvalue weighted by Crippen LogP contribution is -2.24. The summed E-state index contributed by atoms with van der Waals surface area (Å²) in [4.78, 5) is 24.1. The molecule has 30 heavy (non-hydrogen) atoms. The van der Waals surface area contributed by atoms with Gasteiger partial charge in [-0.2, -0.15) is 5.10 Å². The van der Waals surface area contributed by atoms with Crippen LogP contribution in [0.2, 0.25) is 0 Å². The lowest BCUT2D eigenvalue weighted by atomic mass is 10.0. The molecule has 6 nitrogen and oxygen atoms in total. The molecule has 0 saturated carbocycles. The number of hydrazone groups is 1. The Morgan fingerprint density at radius 2 is 1.73 bits per heavy atom. The Hall–Kier alpha value is -3.67. The largest absolute Gasteiger partial charge is 0.493 e. The van der Waals surface area contributed by atoms with Crippen LogP contribution in [0.1, 0.15) is 31.7 Å². The third-order valence-corrected chi connectivity index (χ3v) is 4.45. The maximum absolute atomic E-state index is 12.1. The van der Waals surface area contributed by atoms with E-state index in [1.54, 1.807) is 18.3 Å². The van der Waals surface area contributed by atoms with Crippen LogP contribution in [0.15, 0.2) is 71.8 Å². The number of anilines is 1. The van der Waals surface area contributed by atoms with Gasteiger partial charge >= 0.3 is 0 Å². The van der Waals surface area contributed by atoms with Gasteiger partial charge in [0.25, 0.3) is 0 Å². The monoisotopic (exact) mass is 403 g/mol. The number of carbonyl (C=O) groups excluding carboxylic acids is 2. The lowest BCUT2D eigenvalue weighted by Gasteiger charge is -2.11. The number of nitrogens with one attached hydrogen (secondary N) is 2. The van der Waals surface area contributed by atoms with Crippen molar-refractivity contribution in [2.24, 2.45) is 5.10 Å². The summed E-state index contributed by atoms with van der Waals surface area (Å²) in [6.07, 6.45) is 3.24. The zero-order chi connectivity index (χ0) is 21.2. The highest BCUT2D eigenvalue weighted by molar-refractivity contribution is 6.05. The predicted molar refractivity (Wildman–Crippen MR) is 120 cm³/mol. The molecule has 0 aliphatic heterocycles. The van der Waals surface area contributed by atoms with E-state index in [9.17, 15) is 9.59 Å². The number of para-hydroxylation sites is 1. The van der Waals surface area contributed by atoms with Gasteiger partial charge in [-0.25, -0.2) is 5.43 Å². The molecule has 0 aromatic heterocycles. The Labute approximate surface area is 175 Å². The number of carbonyl (C=O) groups is 2. The van der Waals surface area contributed by atoms with Crippen molar-refractivity contribution >= 4 is 34.5 Å². The molecule has 6 heteroatoms. The molecule has 3 aromatic rings. The van der Waals surface area contributed by atoms with Gasteiger partial charge in [-0.1, -0.05) is 61.9 Å². The van der Waals surface area contributed by atoms with Gasteiger partial charge in [0, 0.05) is 11.3 Å². The Balaban J connectivity index is 1.66. The van der Waals surface area contributed by atoms with Crippen LogP contribution in [0.4, 0.5) is 5.69 Å². The molecule has 3 aromatic carbocycles. The van der Waals surface area contributed by atoms with E-state index in [4.69, 9.17) is 4.74 Å². The number of amides is 2. The van der Waals surface area contributed by atoms with E-state index >= 15 is 0 Å². The summed E-state index contributed by atoms with van der Waals surface area (Å²) < 4.78 is 5.91. The Morgan fingerprint density at radius 3 is 2.53 bits per heavy atom. The Bertz CT molecular complexity index is 1030. The first kappa shape index (κ1) is 21.0. The molecule has 2 N–H and O–H groups in total. The third kappa shape index (κ3) is 5.91. The molecule has 0 unspecified atom stereocenters. The van der Waals surface area contributed by atoms with Gasteiger partial charge in [-0.05, 0) is 35.4 Å². The fourth-order valence-corrected chi connectivity index (χ4v) is 2.94. The van der Waals surface area contributed by atoms with Crippen LogP contribution in [-0.4, -0.2) is 24.6 Å². The van der Waals surface area contributed by atoms with Crippen LogP contribution in [0.3, 0.4) is 0 Å². The lowest BCUT2D eigenvalue weighted by molar-refractivity contribution is -0.126. The number of rotatable bonds is 9. The van der Waals surface area contributed by atoms with Crippen molar-refractivity contribution < 1.29 is 14.3 Å². The van der Waals surface area contributed by atoms with Gasteiger partial charge in [0.1, 0.15) is 12.2 Å². The topological polar surface area (TPSA) is 79.8 Å². The number of hydrogen-bond acceptors (Lipinski definition) is 4. The van der Waals surface area contributed by atoms with Gasteiger partial charge < -0.3 is 10.1 Å². The first-order chi connectivity index (χ1) is 14.7. The Morgan fingerprint density at radius 1 is 0.967 bits per heavy atom. The minimum Gasteiger partial charge on any atom is -0.493 e. The molecular weight excluding hydrogens is 378 g/mol. The first-order valence-electron chi connectivity index (χ1n) is 9.98. The number of ether oxygens (including phenoxy) is 1. The summed E-state index contributed by atoms with van der Waals surface area (Å²) in [5.74, 6) is -0.182. The number of benzene rings is 3. The molecule has 3 rings (SSSR count). The average Bonchev–Trinajstić information content (AvgIpc) is 2.75. The number of hydrogen-bond donors (Lipinski definition) is 2. The second kappa shape index (κ2) is 10.8. The standard InChI is InChI=1S/C24H25N3O3/c1-2-3-15-30-22-14-13-18-9-7-8-12-20(18)21(22)17-25-27-24(29)16-23(28)26-19-10-5-4-6-11-19/h4-14,17H,2-3,15-16H2,1H3,(H,26,28)(H,27,29). The zero-order valence-corrected chi connectivity index (χ0v) is 16.9. The molecule has 0 fully saturated rings. The highest BCUT2D eigenvalue weighted by Gasteiger charge is 2.10. The molecule has 0 aliphatic carbocycles. The van der Waals surface area contributed by atoms with Crippen LogP contribution >= 0.6 is 0 Å². The molecule has 0 aliphatic rings. The summed E-state index contributed by atoms with van der Waals surface area (Å²) in [6.45, 7) is 2.72. The van der Waals surface area contributed by atoms with Crippen molar-refractivity contribution in [3.8, 4) is 5.75 Å². The summed E-state index contributed by atoms with van der Waals surface area (Å²) in [7, 11) is 0. The maximum Gasteiger partial charge on any atom is 0.249 e. The molecule has 0 atom stereocenters. The number of nitrogens with zero attached hydrogens (tertiary/aromatic N) is 1. The van der Waals surface area contributed by atoms with Crippen LogP contribution in [0, 0.1) is 0 Å².